The Morgan fingerprint density at radius 2 is 1.91 bits per heavy atom. The maximum absolute atomic E-state index is 12.3. The first-order valence-corrected chi connectivity index (χ1v) is 7.43. The summed E-state index contributed by atoms with van der Waals surface area (Å²) in [5.41, 5.74) is 4.51. The van der Waals surface area contributed by atoms with E-state index in [1.54, 1.807) is 26.8 Å². The lowest BCUT2D eigenvalue weighted by molar-refractivity contribution is 0.0336. The number of aromatic nitrogens is 1. The minimum Gasteiger partial charge on any atom is -0.443 e. The lowest BCUT2D eigenvalue weighted by atomic mass is 9.93. The first-order chi connectivity index (χ1) is 10.4. The number of amides is 3. The van der Waals surface area contributed by atoms with E-state index in [0.717, 1.165) is 4.90 Å². The first kappa shape index (κ1) is 19.0. The number of anilines is 1. The van der Waals surface area contributed by atoms with Crippen molar-refractivity contribution in [3.8, 4) is 0 Å². The van der Waals surface area contributed by atoms with Gasteiger partial charge in [-0.25, -0.2) is 14.5 Å². The predicted octanol–water partition coefficient (Wildman–Crippen LogP) is 2.70. The first-order valence-electron chi connectivity index (χ1n) is 7.43. The Kier molecular flexibility index (Phi) is 5.76. The van der Waals surface area contributed by atoms with Crippen LogP contribution >= 0.6 is 0 Å². The molecule has 0 aliphatic heterocycles. The highest BCUT2D eigenvalue weighted by Gasteiger charge is 2.28. The van der Waals surface area contributed by atoms with Gasteiger partial charge in [0.2, 0.25) is 0 Å². The molecule has 0 atom stereocenters. The van der Waals surface area contributed by atoms with Crippen LogP contribution in [-0.4, -0.2) is 40.9 Å². The van der Waals surface area contributed by atoms with Crippen LogP contribution in [0.1, 0.15) is 47.3 Å². The fraction of sp³-hybridized carbons (Fsp3) is 0.667. The number of nitrogens with two attached hydrogens (primary N) is 1. The monoisotopic (exact) mass is 326 g/mol. The van der Waals surface area contributed by atoms with Crippen LogP contribution in [0.4, 0.5) is 15.4 Å². The summed E-state index contributed by atoms with van der Waals surface area (Å²) in [7, 11) is 0. The fourth-order valence-corrected chi connectivity index (χ4v) is 1.59. The van der Waals surface area contributed by atoms with Crippen molar-refractivity contribution in [2.24, 2.45) is 5.73 Å². The number of ether oxygens (including phenoxy) is 1. The molecule has 8 heteroatoms. The van der Waals surface area contributed by atoms with Crippen LogP contribution in [0.5, 0.6) is 0 Å². The molecule has 0 aromatic carbocycles. The number of hydrogen-bond acceptors (Lipinski definition) is 6. The average Bonchev–Trinajstić information content (AvgIpc) is 2.81. The van der Waals surface area contributed by atoms with Crippen molar-refractivity contribution in [1.82, 2.24) is 10.1 Å². The molecular formula is C15H26N4O4. The highest BCUT2D eigenvalue weighted by molar-refractivity contribution is 5.98. The molecule has 8 nitrogen and oxygen atoms in total. The molecule has 3 amide bonds. The van der Waals surface area contributed by atoms with Crippen LogP contribution in [0, 0.1) is 0 Å². The number of imide groups is 1. The van der Waals surface area contributed by atoms with Crippen LogP contribution in [0.25, 0.3) is 0 Å². The zero-order valence-corrected chi connectivity index (χ0v) is 14.6. The van der Waals surface area contributed by atoms with Crippen LogP contribution in [-0.2, 0) is 10.2 Å². The molecule has 1 rings (SSSR count). The van der Waals surface area contributed by atoms with Crippen molar-refractivity contribution in [3.63, 3.8) is 0 Å². The topological polar surface area (TPSA) is 111 Å². The van der Waals surface area contributed by atoms with Crippen LogP contribution in [0.3, 0.4) is 0 Å². The van der Waals surface area contributed by atoms with E-state index < -0.39 is 17.7 Å². The third kappa shape index (κ3) is 5.90. The maximum Gasteiger partial charge on any atom is 0.418 e. The van der Waals surface area contributed by atoms with Crippen molar-refractivity contribution in [1.29, 1.82) is 0 Å². The number of hydrogen-bond donors (Lipinski definition) is 2. The van der Waals surface area contributed by atoms with E-state index in [1.165, 1.54) is 0 Å². The number of rotatable bonds is 3. The Bertz CT molecular complexity index is 555. The summed E-state index contributed by atoms with van der Waals surface area (Å²) in [6.07, 6.45) is -0.764. The van der Waals surface area contributed by atoms with E-state index in [9.17, 15) is 9.59 Å². The van der Waals surface area contributed by atoms with Crippen molar-refractivity contribution >= 4 is 17.9 Å². The number of nitrogens with one attached hydrogen (secondary N) is 1. The van der Waals surface area contributed by atoms with Crippen molar-refractivity contribution in [2.45, 2.75) is 52.6 Å². The standard InChI is InChI=1S/C15H26N4O4/c1-14(2,3)10-9-11(18-23-10)17-12(20)19(8-7-16)13(21)22-15(4,5)6/h9H,7-8,16H2,1-6H3,(H,17,18,20). The highest BCUT2D eigenvalue weighted by Crippen LogP contribution is 2.24. The minimum absolute atomic E-state index is 0.0325. The number of urea groups is 1. The number of carbonyl (C=O) groups excluding carboxylic acids is 2. The molecule has 3 N–H and O–H groups in total. The summed E-state index contributed by atoms with van der Waals surface area (Å²) in [5.74, 6) is 0.848. The van der Waals surface area contributed by atoms with E-state index in [-0.39, 0.29) is 24.3 Å². The molecule has 0 bridgehead atoms. The van der Waals surface area contributed by atoms with Gasteiger partial charge in [0.15, 0.2) is 5.82 Å². The molecule has 0 radical (unpaired) electrons. The summed E-state index contributed by atoms with van der Waals surface area (Å²) >= 11 is 0. The van der Waals surface area contributed by atoms with Gasteiger partial charge in [-0.3, -0.25) is 5.32 Å². The second-order valence-corrected chi connectivity index (χ2v) is 7.18. The van der Waals surface area contributed by atoms with Gasteiger partial charge in [0.25, 0.3) is 0 Å². The van der Waals surface area contributed by atoms with Gasteiger partial charge >= 0.3 is 12.1 Å². The second kappa shape index (κ2) is 6.99. The molecular weight excluding hydrogens is 300 g/mol. The van der Waals surface area contributed by atoms with Gasteiger partial charge in [0.05, 0.1) is 0 Å². The molecule has 0 spiro atoms. The summed E-state index contributed by atoms with van der Waals surface area (Å²) in [4.78, 5) is 25.3. The molecule has 1 heterocycles. The van der Waals surface area contributed by atoms with Crippen molar-refractivity contribution in [3.05, 3.63) is 11.8 Å². The van der Waals surface area contributed by atoms with E-state index in [4.69, 9.17) is 15.0 Å². The lowest BCUT2D eigenvalue weighted by Gasteiger charge is -2.25. The Morgan fingerprint density at radius 3 is 2.35 bits per heavy atom. The highest BCUT2D eigenvalue weighted by atomic mass is 16.6. The van der Waals surface area contributed by atoms with Crippen LogP contribution in [0.15, 0.2) is 10.6 Å². The Morgan fingerprint density at radius 1 is 1.30 bits per heavy atom. The smallest absolute Gasteiger partial charge is 0.418 e. The Labute approximate surface area is 136 Å². The molecule has 0 aliphatic carbocycles. The zero-order valence-electron chi connectivity index (χ0n) is 14.6. The summed E-state index contributed by atoms with van der Waals surface area (Å²) in [5, 5.41) is 6.29. The molecule has 1 aromatic rings. The molecule has 0 saturated carbocycles. The molecule has 130 valence electrons. The molecule has 0 saturated heterocycles. The van der Waals surface area contributed by atoms with Gasteiger partial charge in [-0.1, -0.05) is 25.9 Å². The van der Waals surface area contributed by atoms with Gasteiger partial charge < -0.3 is 15.0 Å². The van der Waals surface area contributed by atoms with Gasteiger partial charge in [-0.05, 0) is 20.8 Å². The van der Waals surface area contributed by atoms with E-state index in [0.29, 0.717) is 5.76 Å². The van der Waals surface area contributed by atoms with Gasteiger partial charge in [-0.15, -0.1) is 0 Å². The molecule has 0 fully saturated rings. The zero-order chi connectivity index (χ0) is 17.8. The third-order valence-corrected chi connectivity index (χ3v) is 2.70. The Balaban J connectivity index is 2.82. The SMILES string of the molecule is CC(C)(C)OC(=O)N(CCN)C(=O)Nc1cc(C(C)(C)C)on1. The van der Waals surface area contributed by atoms with Crippen LogP contribution < -0.4 is 11.1 Å². The maximum atomic E-state index is 12.3. The quantitative estimate of drug-likeness (QED) is 0.883. The van der Waals surface area contributed by atoms with E-state index in [1.807, 2.05) is 20.8 Å². The predicted molar refractivity (Wildman–Crippen MR) is 86.2 cm³/mol. The minimum atomic E-state index is -0.764. The van der Waals surface area contributed by atoms with Gasteiger partial charge in [0.1, 0.15) is 11.4 Å². The van der Waals surface area contributed by atoms with Crippen molar-refractivity contribution in [2.75, 3.05) is 18.4 Å². The molecule has 1 aromatic heterocycles. The van der Waals surface area contributed by atoms with Gasteiger partial charge in [0, 0.05) is 24.6 Å². The van der Waals surface area contributed by atoms with Crippen LogP contribution in [0.2, 0.25) is 0 Å². The molecule has 23 heavy (non-hydrogen) atoms. The largest absolute Gasteiger partial charge is 0.443 e. The van der Waals surface area contributed by atoms with E-state index >= 15 is 0 Å². The molecule has 0 aliphatic rings. The lowest BCUT2D eigenvalue weighted by Crippen LogP contribution is -2.45. The number of nitrogens with zero attached hydrogens (tertiary/aromatic N) is 2. The molecule has 0 unspecified atom stereocenters. The summed E-state index contributed by atoms with van der Waals surface area (Å²) in [6, 6.07) is 0.951. The number of carbonyl (C=O) groups is 2. The van der Waals surface area contributed by atoms with E-state index in [2.05, 4.69) is 10.5 Å². The fourth-order valence-electron chi connectivity index (χ4n) is 1.59. The third-order valence-electron chi connectivity index (χ3n) is 2.70. The van der Waals surface area contributed by atoms with Crippen molar-refractivity contribution < 1.29 is 18.8 Å². The average molecular weight is 326 g/mol. The van der Waals surface area contributed by atoms with Gasteiger partial charge in [-0.2, -0.15) is 0 Å². The second-order valence-electron chi connectivity index (χ2n) is 7.18. The normalized spacial score (nSPS) is 12.0. The summed E-state index contributed by atoms with van der Waals surface area (Å²) < 4.78 is 10.4. The Hall–Kier alpha value is -2.09. The summed E-state index contributed by atoms with van der Waals surface area (Å²) in [6.45, 7) is 11.2.